The van der Waals surface area contributed by atoms with Crippen LogP contribution in [-0.2, 0) is 32.0 Å². The summed E-state index contributed by atoms with van der Waals surface area (Å²) < 4.78 is 20.0. The van der Waals surface area contributed by atoms with Gasteiger partial charge in [-0.2, -0.15) is 9.61 Å². The Morgan fingerprint density at radius 2 is 1.93 bits per heavy atom. The molecule has 1 aromatic carbocycles. The van der Waals surface area contributed by atoms with E-state index < -0.39 is 17.7 Å². The van der Waals surface area contributed by atoms with E-state index in [9.17, 15) is 9.59 Å². The maximum Gasteiger partial charge on any atom is 0.340 e. The number of carbonyl (C=O) groups excluding carboxylic acids is 2. The number of ether oxygens (including phenoxy) is 3. The van der Waals surface area contributed by atoms with Crippen LogP contribution in [0.2, 0.25) is 0 Å². The third kappa shape index (κ3) is 6.91. The zero-order valence-corrected chi connectivity index (χ0v) is 26.1. The molecule has 3 aromatic rings. The predicted molar refractivity (Wildman–Crippen MR) is 164 cm³/mol. The van der Waals surface area contributed by atoms with Crippen LogP contribution in [0.3, 0.4) is 0 Å². The quantitative estimate of drug-likeness (QED) is 0.339. The lowest BCUT2D eigenvalue weighted by Crippen LogP contribution is -2.45. The Morgan fingerprint density at radius 3 is 2.65 bits per heavy atom. The van der Waals surface area contributed by atoms with Crippen molar-refractivity contribution in [2.45, 2.75) is 84.7 Å². The Balaban J connectivity index is 1.63. The molecule has 0 unspecified atom stereocenters. The van der Waals surface area contributed by atoms with E-state index in [1.807, 2.05) is 64.1 Å². The van der Waals surface area contributed by atoms with Gasteiger partial charge in [-0.15, -0.1) is 0 Å². The Hall–Kier alpha value is -3.76. The minimum Gasteiger partial charge on any atom is -0.464 e. The van der Waals surface area contributed by atoms with E-state index in [0.29, 0.717) is 54.3 Å². The zero-order chi connectivity index (χ0) is 30.8. The Labute approximate surface area is 253 Å². The molecule has 0 aliphatic carbocycles. The van der Waals surface area contributed by atoms with Gasteiger partial charge in [-0.3, -0.25) is 4.79 Å². The topological polar surface area (TPSA) is 107 Å². The van der Waals surface area contributed by atoms with Crippen LogP contribution in [0.15, 0.2) is 42.5 Å². The molecule has 3 aliphatic heterocycles. The maximum atomic E-state index is 13.4. The number of anilines is 1. The van der Waals surface area contributed by atoms with Crippen LogP contribution in [0.25, 0.3) is 5.65 Å². The van der Waals surface area contributed by atoms with Gasteiger partial charge in [0.25, 0.3) is 5.91 Å². The van der Waals surface area contributed by atoms with Crippen molar-refractivity contribution in [3.05, 3.63) is 70.6 Å². The average Bonchev–Trinajstić information content (AvgIpc) is 3.36. The highest BCUT2D eigenvalue weighted by Crippen LogP contribution is 2.38. The van der Waals surface area contributed by atoms with Gasteiger partial charge in [-0.1, -0.05) is 30.4 Å². The number of allylic oxidation sites excluding steroid dienone is 1. The predicted octanol–water partition coefficient (Wildman–Crippen LogP) is 4.87. The monoisotopic (exact) mass is 589 g/mol. The summed E-state index contributed by atoms with van der Waals surface area (Å²) in [6, 6.07) is 9.50. The SMILES string of the molecule is CCOC(=O)[C@@H](OC(C)(C)C)c1c(C)nc2cc3nn2c1N1CCC(C)(CC1)OC/C=C\Cc1ccccc1C(=O)NC3. The highest BCUT2D eigenvalue weighted by molar-refractivity contribution is 5.95. The summed E-state index contributed by atoms with van der Waals surface area (Å²) in [5, 5.41) is 7.95. The molecule has 2 aromatic heterocycles. The number of carbonyl (C=O) groups is 2. The molecule has 1 amide bonds. The Kier molecular flexibility index (Phi) is 8.89. The lowest BCUT2D eigenvalue weighted by atomic mass is 9.92. The summed E-state index contributed by atoms with van der Waals surface area (Å²) >= 11 is 0. The lowest BCUT2D eigenvalue weighted by Gasteiger charge is -2.41. The van der Waals surface area contributed by atoms with Crippen molar-refractivity contribution in [2.24, 2.45) is 0 Å². The third-order valence-corrected chi connectivity index (χ3v) is 7.93. The van der Waals surface area contributed by atoms with Gasteiger partial charge < -0.3 is 24.4 Å². The number of esters is 1. The normalized spacial score (nSPS) is 18.9. The summed E-state index contributed by atoms with van der Waals surface area (Å²) in [7, 11) is 0. The average molecular weight is 590 g/mol. The largest absolute Gasteiger partial charge is 0.464 e. The van der Waals surface area contributed by atoms with Crippen molar-refractivity contribution >= 4 is 23.3 Å². The van der Waals surface area contributed by atoms with Gasteiger partial charge in [0.1, 0.15) is 5.82 Å². The number of aryl methyl sites for hydroxylation is 1. The Bertz CT molecular complexity index is 1510. The summed E-state index contributed by atoms with van der Waals surface area (Å²) in [5.74, 6) is 0.114. The van der Waals surface area contributed by atoms with Gasteiger partial charge in [-0.25, -0.2) is 9.78 Å². The fourth-order valence-corrected chi connectivity index (χ4v) is 5.71. The van der Waals surface area contributed by atoms with Crippen molar-refractivity contribution in [1.82, 2.24) is 19.9 Å². The molecule has 1 N–H and O–H groups in total. The van der Waals surface area contributed by atoms with Crippen LogP contribution in [0.4, 0.5) is 5.82 Å². The lowest BCUT2D eigenvalue weighted by molar-refractivity contribution is -0.166. The molecule has 1 fully saturated rings. The first-order valence-corrected chi connectivity index (χ1v) is 15.1. The van der Waals surface area contributed by atoms with E-state index in [2.05, 4.69) is 23.2 Å². The van der Waals surface area contributed by atoms with Crippen LogP contribution in [0, 0.1) is 6.92 Å². The van der Waals surface area contributed by atoms with Gasteiger partial charge in [0.2, 0.25) is 0 Å². The maximum absolute atomic E-state index is 13.4. The highest BCUT2D eigenvalue weighted by Gasteiger charge is 2.38. The van der Waals surface area contributed by atoms with E-state index >= 15 is 0 Å². The van der Waals surface area contributed by atoms with Crippen LogP contribution in [-0.4, -0.2) is 64.0 Å². The molecular weight excluding hydrogens is 546 g/mol. The minimum absolute atomic E-state index is 0.167. The number of rotatable bonds is 4. The van der Waals surface area contributed by atoms with E-state index in [4.69, 9.17) is 24.3 Å². The van der Waals surface area contributed by atoms with Crippen molar-refractivity contribution in [3.63, 3.8) is 0 Å². The zero-order valence-electron chi connectivity index (χ0n) is 26.1. The molecule has 0 spiro atoms. The molecular formula is C33H43N5O5. The number of hydrogen-bond acceptors (Lipinski definition) is 8. The summed E-state index contributed by atoms with van der Waals surface area (Å²) in [6.45, 7) is 13.9. The highest BCUT2D eigenvalue weighted by atomic mass is 16.6. The molecule has 6 rings (SSSR count). The first-order chi connectivity index (χ1) is 20.5. The smallest absolute Gasteiger partial charge is 0.340 e. The van der Waals surface area contributed by atoms with Crippen molar-refractivity contribution in [3.8, 4) is 0 Å². The summed E-state index contributed by atoms with van der Waals surface area (Å²) in [5.41, 5.74) is 3.23. The third-order valence-electron chi connectivity index (χ3n) is 7.93. The van der Waals surface area contributed by atoms with Gasteiger partial charge in [0, 0.05) is 30.4 Å². The molecule has 10 heteroatoms. The number of hydrogen-bond donors (Lipinski definition) is 1. The molecule has 1 atom stereocenters. The van der Waals surface area contributed by atoms with E-state index in [1.54, 1.807) is 11.4 Å². The van der Waals surface area contributed by atoms with Crippen LogP contribution in [0.1, 0.15) is 86.4 Å². The molecule has 230 valence electrons. The van der Waals surface area contributed by atoms with Crippen molar-refractivity contribution in [1.29, 1.82) is 0 Å². The summed E-state index contributed by atoms with van der Waals surface area (Å²) in [4.78, 5) is 33.8. The molecule has 43 heavy (non-hydrogen) atoms. The standard InChI is InChI=1S/C33H43N5O5/c1-7-41-31(40)28(43-32(3,4)5)27-22(2)35-26-20-24-21-34-29(39)25-14-9-8-12-23(25)13-10-11-19-42-33(6)15-17-37(18-16-33)30(27)38(26)36-24/h8-12,14,20,28H,7,13,15-19,21H2,1-6H3,(H,34,39)/b11-10-/t28-/m0/s1. The second-order valence-electron chi connectivity index (χ2n) is 12.5. The number of aromatic nitrogens is 3. The van der Waals surface area contributed by atoms with Crippen molar-refractivity contribution < 1.29 is 23.8 Å². The molecule has 3 aliphatic rings. The number of fused-ring (bicyclic) bond motifs is 7. The van der Waals surface area contributed by atoms with Crippen LogP contribution < -0.4 is 10.2 Å². The van der Waals surface area contributed by atoms with E-state index in [-0.39, 0.29) is 24.7 Å². The molecule has 5 heterocycles. The van der Waals surface area contributed by atoms with Gasteiger partial charge in [0.15, 0.2) is 11.8 Å². The number of piperidine rings is 1. The molecule has 10 nitrogen and oxygen atoms in total. The second kappa shape index (κ2) is 12.5. The molecule has 0 radical (unpaired) electrons. The molecule has 4 bridgehead atoms. The first-order valence-electron chi connectivity index (χ1n) is 15.1. The number of amides is 1. The van der Waals surface area contributed by atoms with Gasteiger partial charge >= 0.3 is 5.97 Å². The Morgan fingerprint density at radius 1 is 1.19 bits per heavy atom. The molecule has 1 saturated heterocycles. The number of benzene rings is 1. The fourth-order valence-electron chi connectivity index (χ4n) is 5.71. The second-order valence-corrected chi connectivity index (χ2v) is 12.5. The molecule has 0 saturated carbocycles. The van der Waals surface area contributed by atoms with Gasteiger partial charge in [0.05, 0.1) is 42.2 Å². The van der Waals surface area contributed by atoms with Crippen LogP contribution >= 0.6 is 0 Å². The fraction of sp³-hybridized carbons (Fsp3) is 0.515. The van der Waals surface area contributed by atoms with Crippen LogP contribution in [0.5, 0.6) is 0 Å². The number of nitrogens with one attached hydrogen (secondary N) is 1. The van der Waals surface area contributed by atoms with E-state index in [1.165, 1.54) is 0 Å². The first kappa shape index (κ1) is 30.7. The number of nitrogens with zero attached hydrogens (tertiary/aromatic N) is 4. The van der Waals surface area contributed by atoms with Gasteiger partial charge in [-0.05, 0) is 72.4 Å². The minimum atomic E-state index is -0.997. The van der Waals surface area contributed by atoms with E-state index in [0.717, 1.165) is 24.2 Å². The summed E-state index contributed by atoms with van der Waals surface area (Å²) in [6.07, 6.45) is 5.31. The van der Waals surface area contributed by atoms with Crippen molar-refractivity contribution in [2.75, 3.05) is 31.2 Å².